The maximum atomic E-state index is 10.9. The molecule has 0 radical (unpaired) electrons. The molecule has 0 aromatic heterocycles. The molecule has 0 aromatic rings. The molecular formula is C9H18O3. The molecule has 0 aliphatic rings. The maximum Gasteiger partial charge on any atom is 0.305 e. The zero-order valence-corrected chi connectivity index (χ0v) is 7.88. The number of hydrogen-bond acceptors (Lipinski definition) is 3. The molecule has 1 unspecified atom stereocenters. The predicted molar refractivity (Wildman–Crippen MR) is 46.8 cm³/mol. The number of rotatable bonds is 6. The van der Waals surface area contributed by atoms with Gasteiger partial charge in [-0.05, 0) is 19.3 Å². The Balaban J connectivity index is 3.31. The highest BCUT2D eigenvalue weighted by atomic mass is 16.5. The zero-order chi connectivity index (χ0) is 9.40. The SMILES string of the molecule is CCCOC(=O)CCC(O)CC. The Morgan fingerprint density at radius 3 is 2.67 bits per heavy atom. The first-order chi connectivity index (χ1) is 5.70. The first kappa shape index (κ1) is 11.4. The van der Waals surface area contributed by atoms with Crippen LogP contribution in [0.25, 0.3) is 0 Å². The molecule has 1 N–H and O–H groups in total. The van der Waals surface area contributed by atoms with E-state index in [9.17, 15) is 4.79 Å². The Bertz CT molecular complexity index is 123. The van der Waals surface area contributed by atoms with Crippen LogP contribution in [0.1, 0.15) is 39.5 Å². The average Bonchev–Trinajstić information content (AvgIpc) is 2.10. The fourth-order valence-corrected chi connectivity index (χ4v) is 0.777. The van der Waals surface area contributed by atoms with E-state index >= 15 is 0 Å². The highest BCUT2D eigenvalue weighted by Crippen LogP contribution is 2.02. The van der Waals surface area contributed by atoms with E-state index in [4.69, 9.17) is 9.84 Å². The van der Waals surface area contributed by atoms with Gasteiger partial charge >= 0.3 is 5.97 Å². The topological polar surface area (TPSA) is 46.5 Å². The normalized spacial score (nSPS) is 12.6. The van der Waals surface area contributed by atoms with Crippen molar-refractivity contribution >= 4 is 5.97 Å². The zero-order valence-electron chi connectivity index (χ0n) is 7.88. The van der Waals surface area contributed by atoms with Crippen LogP contribution in [0.4, 0.5) is 0 Å². The van der Waals surface area contributed by atoms with E-state index in [-0.39, 0.29) is 12.1 Å². The summed E-state index contributed by atoms with van der Waals surface area (Å²) in [5, 5.41) is 9.12. The summed E-state index contributed by atoms with van der Waals surface area (Å²) in [5.41, 5.74) is 0. The van der Waals surface area contributed by atoms with Gasteiger partial charge in [0.25, 0.3) is 0 Å². The average molecular weight is 174 g/mol. The molecule has 0 amide bonds. The van der Waals surface area contributed by atoms with E-state index in [0.29, 0.717) is 25.9 Å². The van der Waals surface area contributed by atoms with Gasteiger partial charge in [0.15, 0.2) is 0 Å². The van der Waals surface area contributed by atoms with Crippen LogP contribution in [0.5, 0.6) is 0 Å². The van der Waals surface area contributed by atoms with Crippen LogP contribution < -0.4 is 0 Å². The van der Waals surface area contributed by atoms with Gasteiger partial charge in [-0.2, -0.15) is 0 Å². The molecular weight excluding hydrogens is 156 g/mol. The highest BCUT2D eigenvalue weighted by molar-refractivity contribution is 5.69. The third kappa shape index (κ3) is 6.16. The summed E-state index contributed by atoms with van der Waals surface area (Å²) in [4.78, 5) is 10.9. The number of carbonyl (C=O) groups is 1. The number of ether oxygens (including phenoxy) is 1. The second-order valence-electron chi connectivity index (χ2n) is 2.82. The van der Waals surface area contributed by atoms with E-state index in [1.165, 1.54) is 0 Å². The van der Waals surface area contributed by atoms with Gasteiger partial charge in [-0.25, -0.2) is 0 Å². The van der Waals surface area contributed by atoms with Crippen molar-refractivity contribution in [2.75, 3.05) is 6.61 Å². The smallest absolute Gasteiger partial charge is 0.305 e. The summed E-state index contributed by atoms with van der Waals surface area (Å²) in [6, 6.07) is 0. The van der Waals surface area contributed by atoms with Gasteiger partial charge in [0.2, 0.25) is 0 Å². The fourth-order valence-electron chi connectivity index (χ4n) is 0.777. The Labute approximate surface area is 73.7 Å². The van der Waals surface area contributed by atoms with E-state index < -0.39 is 0 Å². The van der Waals surface area contributed by atoms with Crippen molar-refractivity contribution in [2.24, 2.45) is 0 Å². The van der Waals surface area contributed by atoms with Crippen LogP contribution in [0.2, 0.25) is 0 Å². The minimum atomic E-state index is -0.362. The van der Waals surface area contributed by atoms with Crippen LogP contribution >= 0.6 is 0 Å². The monoisotopic (exact) mass is 174 g/mol. The first-order valence-corrected chi connectivity index (χ1v) is 4.54. The lowest BCUT2D eigenvalue weighted by molar-refractivity contribution is -0.144. The third-order valence-corrected chi connectivity index (χ3v) is 1.62. The molecule has 0 spiro atoms. The minimum absolute atomic E-state index is 0.204. The van der Waals surface area contributed by atoms with E-state index in [0.717, 1.165) is 6.42 Å². The molecule has 12 heavy (non-hydrogen) atoms. The standard InChI is InChI=1S/C9H18O3/c1-3-7-12-9(11)6-5-8(10)4-2/h8,10H,3-7H2,1-2H3. The lowest BCUT2D eigenvalue weighted by Gasteiger charge is -2.06. The molecule has 72 valence electrons. The summed E-state index contributed by atoms with van der Waals surface area (Å²) in [6.07, 6.45) is 2.02. The Morgan fingerprint density at radius 1 is 1.50 bits per heavy atom. The number of aliphatic hydroxyl groups is 1. The van der Waals surface area contributed by atoms with E-state index in [2.05, 4.69) is 0 Å². The third-order valence-electron chi connectivity index (χ3n) is 1.62. The minimum Gasteiger partial charge on any atom is -0.466 e. The summed E-state index contributed by atoms with van der Waals surface area (Å²) in [5.74, 6) is -0.204. The fraction of sp³-hybridized carbons (Fsp3) is 0.889. The van der Waals surface area contributed by atoms with Gasteiger partial charge in [-0.1, -0.05) is 13.8 Å². The number of aliphatic hydroxyl groups excluding tert-OH is 1. The largest absolute Gasteiger partial charge is 0.466 e. The molecule has 3 heteroatoms. The molecule has 0 bridgehead atoms. The number of hydrogen-bond donors (Lipinski definition) is 1. The number of esters is 1. The van der Waals surface area contributed by atoms with Crippen molar-refractivity contribution in [3.63, 3.8) is 0 Å². The van der Waals surface area contributed by atoms with Gasteiger partial charge in [0.1, 0.15) is 0 Å². The summed E-state index contributed by atoms with van der Waals surface area (Å²) in [7, 11) is 0. The van der Waals surface area contributed by atoms with Gasteiger partial charge in [-0.15, -0.1) is 0 Å². The van der Waals surface area contributed by atoms with Gasteiger partial charge in [-0.3, -0.25) is 4.79 Å². The van der Waals surface area contributed by atoms with Crippen LogP contribution in [0.15, 0.2) is 0 Å². The van der Waals surface area contributed by atoms with Gasteiger partial charge < -0.3 is 9.84 Å². The molecule has 3 nitrogen and oxygen atoms in total. The van der Waals surface area contributed by atoms with E-state index in [1.807, 2.05) is 13.8 Å². The van der Waals surface area contributed by atoms with Crippen molar-refractivity contribution in [2.45, 2.75) is 45.6 Å². The van der Waals surface area contributed by atoms with Crippen LogP contribution in [-0.2, 0) is 9.53 Å². The molecule has 0 saturated carbocycles. The maximum absolute atomic E-state index is 10.9. The molecule has 0 saturated heterocycles. The Hall–Kier alpha value is -0.570. The van der Waals surface area contributed by atoms with Crippen molar-refractivity contribution in [1.29, 1.82) is 0 Å². The lowest BCUT2D eigenvalue weighted by Crippen LogP contribution is -2.11. The highest BCUT2D eigenvalue weighted by Gasteiger charge is 2.06. The summed E-state index contributed by atoms with van der Waals surface area (Å²) >= 11 is 0. The Morgan fingerprint density at radius 2 is 2.17 bits per heavy atom. The molecule has 0 fully saturated rings. The molecule has 0 aromatic carbocycles. The van der Waals surface area contributed by atoms with Crippen LogP contribution in [0.3, 0.4) is 0 Å². The van der Waals surface area contributed by atoms with Gasteiger partial charge in [0, 0.05) is 6.42 Å². The molecule has 0 rings (SSSR count). The van der Waals surface area contributed by atoms with Crippen LogP contribution in [0, 0.1) is 0 Å². The lowest BCUT2D eigenvalue weighted by atomic mass is 10.1. The van der Waals surface area contributed by atoms with Crippen molar-refractivity contribution < 1.29 is 14.6 Å². The van der Waals surface area contributed by atoms with E-state index in [1.54, 1.807) is 0 Å². The van der Waals surface area contributed by atoms with Crippen molar-refractivity contribution in [3.8, 4) is 0 Å². The van der Waals surface area contributed by atoms with Gasteiger partial charge in [0.05, 0.1) is 12.7 Å². The number of carbonyl (C=O) groups excluding carboxylic acids is 1. The second-order valence-corrected chi connectivity index (χ2v) is 2.82. The first-order valence-electron chi connectivity index (χ1n) is 4.54. The molecule has 0 aliphatic carbocycles. The quantitative estimate of drug-likeness (QED) is 0.620. The molecule has 1 atom stereocenters. The summed E-state index contributed by atoms with van der Waals surface area (Å²) in [6.45, 7) is 4.33. The van der Waals surface area contributed by atoms with Crippen molar-refractivity contribution in [1.82, 2.24) is 0 Å². The molecule has 0 aliphatic heterocycles. The predicted octanol–water partition coefficient (Wildman–Crippen LogP) is 1.49. The molecule has 0 heterocycles. The van der Waals surface area contributed by atoms with Crippen LogP contribution in [-0.4, -0.2) is 23.8 Å². The summed E-state index contributed by atoms with van der Waals surface area (Å²) < 4.78 is 4.84. The van der Waals surface area contributed by atoms with Crippen molar-refractivity contribution in [3.05, 3.63) is 0 Å². The second kappa shape index (κ2) is 7.10. The Kier molecular flexibility index (Phi) is 6.76.